The highest BCUT2D eigenvalue weighted by molar-refractivity contribution is 5.89. The molecule has 0 spiro atoms. The van der Waals surface area contributed by atoms with Gasteiger partial charge in [-0.3, -0.25) is 15.0 Å². The Balaban J connectivity index is 2.26. The molecule has 2 aromatic rings. The molecule has 0 fully saturated rings. The summed E-state index contributed by atoms with van der Waals surface area (Å²) in [5.74, 6) is -0.654. The Hall–Kier alpha value is -3.23. The molecule has 1 heterocycles. The number of aromatic nitrogens is 1. The van der Waals surface area contributed by atoms with E-state index in [1.165, 1.54) is 25.4 Å². The van der Waals surface area contributed by atoms with Gasteiger partial charge in [0.15, 0.2) is 11.6 Å². The molecule has 2 rings (SSSR count). The number of non-ortho nitro benzene ring substituents is 1. The Labute approximate surface area is 124 Å². The van der Waals surface area contributed by atoms with Crippen LogP contribution in [0, 0.1) is 15.9 Å². The van der Waals surface area contributed by atoms with Gasteiger partial charge in [0, 0.05) is 25.4 Å². The van der Waals surface area contributed by atoms with Crippen LogP contribution in [-0.2, 0) is 0 Å². The number of anilines is 1. The smallest absolute Gasteiger partial charge is 0.320 e. The van der Waals surface area contributed by atoms with Gasteiger partial charge in [0.1, 0.15) is 11.6 Å². The molecule has 0 saturated heterocycles. The number of amides is 2. The maximum Gasteiger partial charge on any atom is 0.320 e. The van der Waals surface area contributed by atoms with E-state index in [2.05, 4.69) is 4.98 Å². The number of rotatable bonds is 4. The first-order chi connectivity index (χ1) is 10.4. The highest BCUT2D eigenvalue weighted by atomic mass is 19.1. The van der Waals surface area contributed by atoms with Crippen LogP contribution in [0.1, 0.15) is 0 Å². The number of pyridine rings is 1. The summed E-state index contributed by atoms with van der Waals surface area (Å²) >= 11 is 0. The van der Waals surface area contributed by atoms with Crippen LogP contribution in [0.5, 0.6) is 11.5 Å². The van der Waals surface area contributed by atoms with Crippen LogP contribution < -0.4 is 15.4 Å². The van der Waals surface area contributed by atoms with Crippen molar-refractivity contribution >= 4 is 17.5 Å². The maximum atomic E-state index is 13.8. The first kappa shape index (κ1) is 15.2. The summed E-state index contributed by atoms with van der Waals surface area (Å²) in [7, 11) is 1.42. The fraction of sp³-hybridized carbons (Fsp3) is 0.0769. The molecule has 1 aromatic carbocycles. The van der Waals surface area contributed by atoms with E-state index in [1.807, 2.05) is 0 Å². The average molecular weight is 306 g/mol. The molecule has 0 radical (unpaired) electrons. The number of nitrogens with two attached hydrogens (primary N) is 1. The lowest BCUT2D eigenvalue weighted by Gasteiger charge is -2.14. The van der Waals surface area contributed by atoms with E-state index in [1.54, 1.807) is 0 Å². The van der Waals surface area contributed by atoms with Gasteiger partial charge in [0.25, 0.3) is 5.69 Å². The van der Waals surface area contributed by atoms with Gasteiger partial charge in [-0.1, -0.05) is 0 Å². The third-order valence-corrected chi connectivity index (χ3v) is 2.75. The van der Waals surface area contributed by atoms with Gasteiger partial charge in [-0.05, 0) is 12.1 Å². The van der Waals surface area contributed by atoms with Crippen LogP contribution >= 0.6 is 0 Å². The van der Waals surface area contributed by atoms with Crippen LogP contribution in [0.2, 0.25) is 0 Å². The van der Waals surface area contributed by atoms with E-state index in [4.69, 9.17) is 10.5 Å². The van der Waals surface area contributed by atoms with Crippen molar-refractivity contribution in [2.24, 2.45) is 5.73 Å². The Kier molecular flexibility index (Phi) is 4.16. The summed E-state index contributed by atoms with van der Waals surface area (Å²) in [6, 6.07) is 5.13. The Bertz CT molecular complexity index is 738. The van der Waals surface area contributed by atoms with E-state index < -0.39 is 16.8 Å². The number of urea groups is 1. The van der Waals surface area contributed by atoms with Crippen molar-refractivity contribution in [2.45, 2.75) is 0 Å². The predicted octanol–water partition coefficient (Wildman–Crippen LogP) is 2.44. The number of hydrogen-bond donors (Lipinski definition) is 1. The minimum absolute atomic E-state index is 0.190. The molecule has 0 bridgehead atoms. The molecule has 8 nitrogen and oxygen atoms in total. The normalized spacial score (nSPS) is 10.1. The zero-order valence-electron chi connectivity index (χ0n) is 11.4. The molecular formula is C13H11FN4O4. The topological polar surface area (TPSA) is 112 Å². The molecule has 0 saturated carbocycles. The molecule has 0 aliphatic rings. The molecule has 114 valence electrons. The van der Waals surface area contributed by atoms with Crippen LogP contribution in [0.25, 0.3) is 0 Å². The zero-order valence-corrected chi connectivity index (χ0v) is 11.4. The fourth-order valence-electron chi connectivity index (χ4n) is 1.57. The van der Waals surface area contributed by atoms with Gasteiger partial charge in [-0.25, -0.2) is 14.2 Å². The lowest BCUT2D eigenvalue weighted by molar-refractivity contribution is -0.385. The number of benzene rings is 1. The average Bonchev–Trinajstić information content (AvgIpc) is 2.48. The molecule has 0 aliphatic heterocycles. The van der Waals surface area contributed by atoms with E-state index in [9.17, 15) is 19.3 Å². The second kappa shape index (κ2) is 6.04. The Morgan fingerprint density at radius 2 is 2.14 bits per heavy atom. The molecule has 2 N–H and O–H groups in total. The number of carbonyl (C=O) groups excluding carboxylic acids is 1. The number of carbonyl (C=O) groups is 1. The lowest BCUT2D eigenvalue weighted by Crippen LogP contribution is -2.32. The summed E-state index contributed by atoms with van der Waals surface area (Å²) < 4.78 is 19.1. The predicted molar refractivity (Wildman–Crippen MR) is 75.4 cm³/mol. The summed E-state index contributed by atoms with van der Waals surface area (Å²) in [6.07, 6.45) is 1.35. The number of halogens is 1. The minimum Gasteiger partial charge on any atom is -0.454 e. The van der Waals surface area contributed by atoms with Crippen molar-refractivity contribution in [3.63, 3.8) is 0 Å². The quantitative estimate of drug-likeness (QED) is 0.688. The summed E-state index contributed by atoms with van der Waals surface area (Å²) in [5.41, 5.74) is 4.74. The van der Waals surface area contributed by atoms with Gasteiger partial charge in [-0.15, -0.1) is 0 Å². The first-order valence-corrected chi connectivity index (χ1v) is 5.99. The van der Waals surface area contributed by atoms with Gasteiger partial charge in [0.05, 0.1) is 11.0 Å². The molecule has 0 atom stereocenters. The number of hydrogen-bond acceptors (Lipinski definition) is 5. The largest absolute Gasteiger partial charge is 0.454 e. The monoisotopic (exact) mass is 306 g/mol. The number of primary amides is 1. The molecule has 9 heteroatoms. The third-order valence-electron chi connectivity index (χ3n) is 2.75. The summed E-state index contributed by atoms with van der Waals surface area (Å²) in [4.78, 5) is 25.9. The van der Waals surface area contributed by atoms with Crippen LogP contribution in [0.3, 0.4) is 0 Å². The third kappa shape index (κ3) is 3.26. The standard InChI is InChI=1S/C13H11FN4O4/c1-17(13(15)19)12-7-9(4-5-16-12)22-11-3-2-8(18(20)21)6-10(11)14/h2-7H,1H3,(H2,15,19). The molecule has 1 aromatic heterocycles. The van der Waals surface area contributed by atoms with Crippen molar-refractivity contribution in [1.29, 1.82) is 0 Å². The van der Waals surface area contributed by atoms with Crippen LogP contribution in [0.4, 0.5) is 20.7 Å². The number of nitro benzene ring substituents is 1. The summed E-state index contributed by atoms with van der Waals surface area (Å²) in [5, 5.41) is 10.5. The van der Waals surface area contributed by atoms with Crippen LogP contribution in [0.15, 0.2) is 36.5 Å². The second-order valence-electron chi connectivity index (χ2n) is 4.22. The molecule has 22 heavy (non-hydrogen) atoms. The lowest BCUT2D eigenvalue weighted by atomic mass is 10.3. The van der Waals surface area contributed by atoms with Gasteiger partial charge >= 0.3 is 6.03 Å². The van der Waals surface area contributed by atoms with Crippen molar-refractivity contribution in [2.75, 3.05) is 11.9 Å². The number of ether oxygens (including phenoxy) is 1. The zero-order chi connectivity index (χ0) is 16.3. The highest BCUT2D eigenvalue weighted by Crippen LogP contribution is 2.28. The maximum absolute atomic E-state index is 13.8. The van der Waals surface area contributed by atoms with Crippen molar-refractivity contribution in [1.82, 2.24) is 4.98 Å². The highest BCUT2D eigenvalue weighted by Gasteiger charge is 2.13. The van der Waals surface area contributed by atoms with Gasteiger partial charge in [0.2, 0.25) is 0 Å². The van der Waals surface area contributed by atoms with E-state index in [-0.39, 0.29) is 23.0 Å². The first-order valence-electron chi connectivity index (χ1n) is 5.99. The molecule has 0 aliphatic carbocycles. The van der Waals surface area contributed by atoms with E-state index in [0.717, 1.165) is 23.1 Å². The molecular weight excluding hydrogens is 295 g/mol. The SMILES string of the molecule is CN(C(N)=O)c1cc(Oc2ccc([N+](=O)[O-])cc2F)ccn1. The second-order valence-corrected chi connectivity index (χ2v) is 4.22. The molecule has 0 unspecified atom stereocenters. The fourth-order valence-corrected chi connectivity index (χ4v) is 1.57. The van der Waals surface area contributed by atoms with Gasteiger partial charge in [-0.2, -0.15) is 0 Å². The van der Waals surface area contributed by atoms with Crippen molar-refractivity contribution in [3.05, 3.63) is 52.5 Å². The number of nitrogens with zero attached hydrogens (tertiary/aromatic N) is 3. The van der Waals surface area contributed by atoms with Crippen LogP contribution in [-0.4, -0.2) is 23.0 Å². The van der Waals surface area contributed by atoms with Gasteiger partial charge < -0.3 is 10.5 Å². The van der Waals surface area contributed by atoms with Crippen molar-refractivity contribution < 1.29 is 18.8 Å². The Morgan fingerprint density at radius 3 is 2.73 bits per heavy atom. The van der Waals surface area contributed by atoms with E-state index in [0.29, 0.717) is 0 Å². The number of nitro groups is 1. The van der Waals surface area contributed by atoms with Crippen molar-refractivity contribution in [3.8, 4) is 11.5 Å². The minimum atomic E-state index is -0.879. The summed E-state index contributed by atoms with van der Waals surface area (Å²) in [6.45, 7) is 0. The molecule has 2 amide bonds. The van der Waals surface area contributed by atoms with E-state index >= 15 is 0 Å². The Morgan fingerprint density at radius 1 is 1.41 bits per heavy atom.